The van der Waals surface area contributed by atoms with E-state index in [0.717, 1.165) is 0 Å². The van der Waals surface area contributed by atoms with Crippen molar-refractivity contribution in [2.75, 3.05) is 19.4 Å². The van der Waals surface area contributed by atoms with E-state index in [-0.39, 0.29) is 18.6 Å². The van der Waals surface area contributed by atoms with E-state index in [4.69, 9.17) is 14.4 Å². The fourth-order valence-corrected chi connectivity index (χ4v) is 1.82. The second-order valence-electron chi connectivity index (χ2n) is 4.62. The number of carbonyl (C=O) groups excluding carboxylic acids is 2. The fraction of sp³-hybridized carbons (Fsp3) is 0.818. The van der Waals surface area contributed by atoms with E-state index in [0.29, 0.717) is 6.42 Å². The lowest BCUT2D eigenvalue weighted by Crippen LogP contribution is -2.31. The maximum atomic E-state index is 11.3. The zero-order valence-electron chi connectivity index (χ0n) is 11.7. The molecule has 2 N–H and O–H groups in total. The summed E-state index contributed by atoms with van der Waals surface area (Å²) in [6, 6.07) is 0. The van der Waals surface area contributed by atoms with Crippen LogP contribution in [-0.4, -0.2) is 42.6 Å². The molecule has 0 aromatic carbocycles. The molecule has 0 aliphatic carbocycles. The predicted octanol–water partition coefficient (Wildman–Crippen LogP) is 1.55. The van der Waals surface area contributed by atoms with Crippen molar-refractivity contribution in [1.82, 2.24) is 5.32 Å². The highest BCUT2D eigenvalue weighted by molar-refractivity contribution is 7.57. The molecule has 0 heterocycles. The highest BCUT2D eigenvalue weighted by Gasteiger charge is 2.16. The van der Waals surface area contributed by atoms with Crippen molar-refractivity contribution in [3.63, 3.8) is 0 Å². The number of carbonyl (C=O) groups is 2. The molecule has 0 radical (unpaired) electrons. The number of rotatable bonds is 7. The van der Waals surface area contributed by atoms with Crippen molar-refractivity contribution in [1.29, 1.82) is 0 Å². The van der Waals surface area contributed by atoms with Gasteiger partial charge in [0.2, 0.25) is 6.29 Å². The summed E-state index contributed by atoms with van der Waals surface area (Å²) in [4.78, 5) is 31.5. The average Bonchev–Trinajstić information content (AvgIpc) is 2.22. The van der Waals surface area contributed by atoms with Crippen molar-refractivity contribution < 1.29 is 28.5 Å². The minimum atomic E-state index is -3.04. The standard InChI is InChI=1S/C11H22NO6P/c1-8(2)10(13)17-9(3)18-11(14)12-6-5-7-19(4,15)16/h8-9H,5-7H2,1-4H3,(H,12,14)(H,15,16). The predicted molar refractivity (Wildman–Crippen MR) is 70.1 cm³/mol. The Hall–Kier alpha value is -1.07. The molecule has 0 spiro atoms. The van der Waals surface area contributed by atoms with Gasteiger partial charge in [0.1, 0.15) is 0 Å². The van der Waals surface area contributed by atoms with Gasteiger partial charge in [0.25, 0.3) is 0 Å². The highest BCUT2D eigenvalue weighted by atomic mass is 31.2. The van der Waals surface area contributed by atoms with Gasteiger partial charge in [-0.1, -0.05) is 13.8 Å². The Morgan fingerprint density at radius 3 is 2.32 bits per heavy atom. The van der Waals surface area contributed by atoms with Gasteiger partial charge in [-0.05, 0) is 6.42 Å². The third-order valence-corrected chi connectivity index (χ3v) is 3.19. The normalized spacial score (nSPS) is 15.5. The maximum absolute atomic E-state index is 11.3. The van der Waals surface area contributed by atoms with Gasteiger partial charge in [-0.25, -0.2) is 4.79 Å². The minimum Gasteiger partial charge on any atom is -0.425 e. The topological polar surface area (TPSA) is 102 Å². The van der Waals surface area contributed by atoms with Gasteiger partial charge in [-0.2, -0.15) is 0 Å². The third-order valence-electron chi connectivity index (χ3n) is 2.05. The summed E-state index contributed by atoms with van der Waals surface area (Å²) in [5.41, 5.74) is 0. The molecular formula is C11H22NO6P. The van der Waals surface area contributed by atoms with E-state index >= 15 is 0 Å². The molecule has 0 aliphatic heterocycles. The molecule has 0 rings (SSSR count). The summed E-state index contributed by atoms with van der Waals surface area (Å²) in [5.74, 6) is -0.745. The van der Waals surface area contributed by atoms with Crippen LogP contribution < -0.4 is 5.32 Å². The zero-order valence-corrected chi connectivity index (χ0v) is 12.6. The lowest BCUT2D eigenvalue weighted by Gasteiger charge is -2.15. The lowest BCUT2D eigenvalue weighted by molar-refractivity contribution is -0.168. The lowest BCUT2D eigenvalue weighted by atomic mass is 10.2. The zero-order chi connectivity index (χ0) is 15.1. The van der Waals surface area contributed by atoms with Crippen molar-refractivity contribution in [2.45, 2.75) is 33.5 Å². The van der Waals surface area contributed by atoms with Gasteiger partial charge in [-0.3, -0.25) is 9.36 Å². The molecular weight excluding hydrogens is 273 g/mol. The molecule has 0 fully saturated rings. The van der Waals surface area contributed by atoms with Crippen molar-refractivity contribution in [3.8, 4) is 0 Å². The SMILES string of the molecule is CC(OC(=O)NCCCP(C)(=O)O)OC(=O)C(C)C. The highest BCUT2D eigenvalue weighted by Crippen LogP contribution is 2.35. The molecule has 7 nitrogen and oxygen atoms in total. The van der Waals surface area contributed by atoms with E-state index in [2.05, 4.69) is 5.32 Å². The number of alkyl carbamates (subject to hydrolysis) is 1. The number of hydrogen-bond acceptors (Lipinski definition) is 5. The molecule has 8 heteroatoms. The molecule has 0 aliphatic rings. The van der Waals surface area contributed by atoms with Crippen molar-refractivity contribution in [2.24, 2.45) is 5.92 Å². The second kappa shape index (κ2) is 8.17. The van der Waals surface area contributed by atoms with Crippen LogP contribution in [0.2, 0.25) is 0 Å². The minimum absolute atomic E-state index is 0.130. The molecule has 2 unspecified atom stereocenters. The van der Waals surface area contributed by atoms with Crippen LogP contribution in [-0.2, 0) is 18.8 Å². The summed E-state index contributed by atoms with van der Waals surface area (Å²) < 4.78 is 20.6. The number of amides is 1. The monoisotopic (exact) mass is 295 g/mol. The fourth-order valence-electron chi connectivity index (χ4n) is 1.08. The Balaban J connectivity index is 3.80. The van der Waals surface area contributed by atoms with E-state index in [9.17, 15) is 14.2 Å². The summed E-state index contributed by atoms with van der Waals surface area (Å²) in [7, 11) is -3.04. The summed E-state index contributed by atoms with van der Waals surface area (Å²) >= 11 is 0. The second-order valence-corrected chi connectivity index (χ2v) is 7.17. The first-order valence-electron chi connectivity index (χ1n) is 6.06. The van der Waals surface area contributed by atoms with E-state index in [1.807, 2.05) is 0 Å². The largest absolute Gasteiger partial charge is 0.425 e. The van der Waals surface area contributed by atoms with Crippen LogP contribution in [0, 0.1) is 5.92 Å². The number of ether oxygens (including phenoxy) is 2. The maximum Gasteiger partial charge on any atom is 0.410 e. The number of nitrogens with one attached hydrogen (secondary N) is 1. The first kappa shape index (κ1) is 17.9. The van der Waals surface area contributed by atoms with Crippen molar-refractivity contribution >= 4 is 19.4 Å². The molecule has 0 aromatic heterocycles. The average molecular weight is 295 g/mol. The summed E-state index contributed by atoms with van der Waals surface area (Å²) in [6.45, 7) is 6.27. The van der Waals surface area contributed by atoms with E-state index in [1.165, 1.54) is 13.6 Å². The molecule has 112 valence electrons. The quantitative estimate of drug-likeness (QED) is 0.320. The molecule has 0 saturated heterocycles. The molecule has 2 atom stereocenters. The smallest absolute Gasteiger partial charge is 0.410 e. The van der Waals surface area contributed by atoms with Gasteiger partial charge in [0.05, 0.1) is 5.92 Å². The Bertz CT molecular complexity index is 351. The molecule has 0 bridgehead atoms. The summed E-state index contributed by atoms with van der Waals surface area (Å²) in [6.07, 6.45) is -1.19. The van der Waals surface area contributed by atoms with Gasteiger partial charge in [0, 0.05) is 26.3 Å². The summed E-state index contributed by atoms with van der Waals surface area (Å²) in [5, 5.41) is 2.40. The molecule has 19 heavy (non-hydrogen) atoms. The molecule has 1 amide bonds. The van der Waals surface area contributed by atoms with Gasteiger partial charge in [-0.15, -0.1) is 0 Å². The van der Waals surface area contributed by atoms with Gasteiger partial charge < -0.3 is 19.7 Å². The Morgan fingerprint density at radius 2 is 1.84 bits per heavy atom. The Labute approximate surface area is 113 Å². The van der Waals surface area contributed by atoms with Crippen LogP contribution >= 0.6 is 7.37 Å². The van der Waals surface area contributed by atoms with Crippen molar-refractivity contribution in [3.05, 3.63) is 0 Å². The molecule has 0 aromatic rings. The molecule has 0 saturated carbocycles. The van der Waals surface area contributed by atoms with Gasteiger partial charge in [0.15, 0.2) is 7.37 Å². The first-order valence-corrected chi connectivity index (χ1v) is 8.35. The Morgan fingerprint density at radius 1 is 1.26 bits per heavy atom. The van der Waals surface area contributed by atoms with E-state index in [1.54, 1.807) is 13.8 Å². The number of hydrogen-bond donors (Lipinski definition) is 2. The van der Waals surface area contributed by atoms with Crippen LogP contribution in [0.1, 0.15) is 27.2 Å². The first-order chi connectivity index (χ1) is 8.61. The van der Waals surface area contributed by atoms with Crippen LogP contribution in [0.5, 0.6) is 0 Å². The van der Waals surface area contributed by atoms with Crippen LogP contribution in [0.25, 0.3) is 0 Å². The number of esters is 1. The van der Waals surface area contributed by atoms with Crippen LogP contribution in [0.4, 0.5) is 4.79 Å². The Kier molecular flexibility index (Phi) is 7.71. The van der Waals surface area contributed by atoms with Crippen LogP contribution in [0.3, 0.4) is 0 Å². The van der Waals surface area contributed by atoms with Crippen LogP contribution in [0.15, 0.2) is 0 Å². The third kappa shape index (κ3) is 10.5. The van der Waals surface area contributed by atoms with Gasteiger partial charge >= 0.3 is 12.1 Å². The van der Waals surface area contributed by atoms with E-state index < -0.39 is 25.7 Å².